The largest absolute Gasteiger partial charge is 0.314 e. The van der Waals surface area contributed by atoms with Gasteiger partial charge in [-0.25, -0.2) is 0 Å². The quantitative estimate of drug-likeness (QED) is 0.596. The Hall–Kier alpha value is -1.72. The van der Waals surface area contributed by atoms with Crippen molar-refractivity contribution in [3.8, 4) is 0 Å². The summed E-state index contributed by atoms with van der Waals surface area (Å²) in [7, 11) is 1.85. The molecule has 5 heteroatoms. The van der Waals surface area contributed by atoms with E-state index in [1.54, 1.807) is 4.57 Å². The van der Waals surface area contributed by atoms with Gasteiger partial charge < -0.3 is 9.88 Å². The molecular formula is C25H35N3OS. The third-order valence-electron chi connectivity index (χ3n) is 7.10. The van der Waals surface area contributed by atoms with E-state index in [0.29, 0.717) is 5.92 Å². The molecule has 0 spiro atoms. The number of nitrogens with zero attached hydrogens (tertiary/aromatic N) is 2. The van der Waals surface area contributed by atoms with Crippen LogP contribution in [0.3, 0.4) is 0 Å². The highest BCUT2D eigenvalue weighted by Crippen LogP contribution is 2.33. The number of aryl methyl sites for hydroxylation is 2. The van der Waals surface area contributed by atoms with Crippen LogP contribution < -0.4 is 10.2 Å². The van der Waals surface area contributed by atoms with Gasteiger partial charge in [-0.3, -0.25) is 9.79 Å². The summed E-state index contributed by atoms with van der Waals surface area (Å²) in [6.07, 6.45) is 17.8. The van der Waals surface area contributed by atoms with Gasteiger partial charge in [0.05, 0.1) is 15.8 Å². The maximum atomic E-state index is 11.9. The Morgan fingerprint density at radius 3 is 2.87 bits per heavy atom. The van der Waals surface area contributed by atoms with Crippen LogP contribution in [0.25, 0.3) is 10.2 Å². The molecule has 1 N–H and O–H groups in total. The minimum Gasteiger partial charge on any atom is -0.314 e. The van der Waals surface area contributed by atoms with E-state index in [-0.39, 0.29) is 10.4 Å². The fourth-order valence-corrected chi connectivity index (χ4v) is 6.05. The summed E-state index contributed by atoms with van der Waals surface area (Å²) in [5, 5.41) is 3.82. The van der Waals surface area contributed by atoms with Gasteiger partial charge in [0.15, 0.2) is 0 Å². The molecule has 2 unspecified atom stereocenters. The van der Waals surface area contributed by atoms with E-state index in [0.717, 1.165) is 35.6 Å². The number of thiazole rings is 1. The van der Waals surface area contributed by atoms with Crippen LogP contribution in [0.2, 0.25) is 0 Å². The van der Waals surface area contributed by atoms with E-state index in [1.165, 1.54) is 61.8 Å². The Balaban J connectivity index is 1.34. The molecule has 1 aromatic heterocycles. The Morgan fingerprint density at radius 2 is 2.10 bits per heavy atom. The van der Waals surface area contributed by atoms with Crippen molar-refractivity contribution >= 4 is 27.8 Å². The Kier molecular flexibility index (Phi) is 6.89. The van der Waals surface area contributed by atoms with Crippen LogP contribution in [0.15, 0.2) is 40.1 Å². The van der Waals surface area contributed by atoms with Gasteiger partial charge in [0.25, 0.3) is 0 Å². The minimum atomic E-state index is -0.0584. The summed E-state index contributed by atoms with van der Waals surface area (Å²) in [5.74, 6) is 0.556. The number of aromatic nitrogens is 1. The van der Waals surface area contributed by atoms with Crippen LogP contribution in [0.5, 0.6) is 0 Å². The number of fused-ring (bicyclic) bond motifs is 1. The lowest BCUT2D eigenvalue weighted by atomic mass is 9.80. The highest BCUT2D eigenvalue weighted by atomic mass is 32.1. The summed E-state index contributed by atoms with van der Waals surface area (Å²) < 4.78 is 2.84. The van der Waals surface area contributed by atoms with Gasteiger partial charge in [0.1, 0.15) is 0 Å². The van der Waals surface area contributed by atoms with Crippen molar-refractivity contribution in [1.29, 1.82) is 0 Å². The summed E-state index contributed by atoms with van der Waals surface area (Å²) in [5.41, 5.74) is 2.31. The van der Waals surface area contributed by atoms with Crippen molar-refractivity contribution < 1.29 is 0 Å². The van der Waals surface area contributed by atoms with E-state index in [1.807, 2.05) is 13.3 Å². The van der Waals surface area contributed by atoms with Gasteiger partial charge in [-0.1, -0.05) is 42.7 Å². The standard InChI is InChI=1S/C25H35N3OS/c1-25(15-7-16-27-25)20(14-17-26-21-10-4-3-5-11-21)9-6-8-19-12-13-22-23(18-19)30-24(29)28(22)2/h7,12-13,15-16,18,20-21,26H,3-6,8-11,14,17H2,1-2H3. The molecule has 30 heavy (non-hydrogen) atoms. The van der Waals surface area contributed by atoms with Crippen LogP contribution in [0.4, 0.5) is 0 Å². The van der Waals surface area contributed by atoms with Crippen LogP contribution in [-0.4, -0.2) is 28.9 Å². The zero-order valence-corrected chi connectivity index (χ0v) is 19.2. The summed E-state index contributed by atoms with van der Waals surface area (Å²) in [4.78, 5) is 16.8. The Labute approximate surface area is 184 Å². The van der Waals surface area contributed by atoms with E-state index < -0.39 is 0 Å². The number of aliphatic imine (C=N–C) groups is 1. The summed E-state index contributed by atoms with van der Waals surface area (Å²) >= 11 is 1.35. The SMILES string of the molecule is Cn1c(=O)sc2cc(CCCC(CCNC3CCCCC3)C3(C)C=CC=N3)ccc21. The molecule has 0 radical (unpaired) electrons. The second kappa shape index (κ2) is 9.61. The van der Waals surface area contributed by atoms with Gasteiger partial charge in [-0.2, -0.15) is 0 Å². The molecule has 2 heterocycles. The number of allylic oxidation sites excluding steroid dienone is 1. The van der Waals surface area contributed by atoms with Gasteiger partial charge in [0, 0.05) is 19.3 Å². The van der Waals surface area contributed by atoms with Gasteiger partial charge in [0.2, 0.25) is 0 Å². The minimum absolute atomic E-state index is 0.0584. The number of rotatable bonds is 9. The average molecular weight is 426 g/mol. The molecular weight excluding hydrogens is 390 g/mol. The summed E-state index contributed by atoms with van der Waals surface area (Å²) in [6, 6.07) is 7.21. The van der Waals surface area contributed by atoms with Crippen molar-refractivity contribution in [2.75, 3.05) is 6.54 Å². The first kappa shape index (κ1) is 21.5. The molecule has 1 fully saturated rings. The fraction of sp³-hybridized carbons (Fsp3) is 0.600. The second-order valence-corrected chi connectivity index (χ2v) is 10.3. The number of nitrogens with one attached hydrogen (secondary N) is 1. The zero-order chi connectivity index (χ0) is 21.0. The van der Waals surface area contributed by atoms with E-state index >= 15 is 0 Å². The van der Waals surface area contributed by atoms with Crippen molar-refractivity contribution in [2.24, 2.45) is 18.0 Å². The predicted octanol–water partition coefficient (Wildman–Crippen LogP) is 5.25. The molecule has 4 rings (SSSR count). The maximum absolute atomic E-state index is 11.9. The molecule has 2 atom stereocenters. The first-order valence-electron chi connectivity index (χ1n) is 11.6. The first-order chi connectivity index (χ1) is 14.5. The second-order valence-electron chi connectivity index (χ2n) is 9.26. The van der Waals surface area contributed by atoms with Gasteiger partial charge in [-0.05, 0) is 81.7 Å². The van der Waals surface area contributed by atoms with Crippen LogP contribution in [0.1, 0.15) is 63.9 Å². The molecule has 1 aliphatic carbocycles. The third-order valence-corrected chi connectivity index (χ3v) is 8.10. The van der Waals surface area contributed by atoms with Crippen molar-refractivity contribution in [3.05, 3.63) is 45.6 Å². The molecule has 2 aromatic rings. The normalized spacial score (nSPS) is 22.9. The first-order valence-corrected chi connectivity index (χ1v) is 12.4. The van der Waals surface area contributed by atoms with Crippen molar-refractivity contribution in [3.63, 3.8) is 0 Å². The number of benzene rings is 1. The highest BCUT2D eigenvalue weighted by Gasteiger charge is 2.31. The lowest BCUT2D eigenvalue weighted by Gasteiger charge is -2.31. The predicted molar refractivity (Wildman–Crippen MR) is 129 cm³/mol. The molecule has 0 amide bonds. The fourth-order valence-electron chi connectivity index (χ4n) is 5.11. The van der Waals surface area contributed by atoms with Crippen LogP contribution in [0, 0.1) is 5.92 Å². The van der Waals surface area contributed by atoms with Crippen LogP contribution in [-0.2, 0) is 13.5 Å². The molecule has 1 aliphatic heterocycles. The molecule has 0 saturated heterocycles. The number of hydrogen-bond acceptors (Lipinski definition) is 4. The monoisotopic (exact) mass is 425 g/mol. The van der Waals surface area contributed by atoms with Crippen molar-refractivity contribution in [1.82, 2.24) is 9.88 Å². The van der Waals surface area contributed by atoms with E-state index in [4.69, 9.17) is 4.99 Å². The Morgan fingerprint density at radius 1 is 1.27 bits per heavy atom. The van der Waals surface area contributed by atoms with E-state index in [9.17, 15) is 4.79 Å². The smallest absolute Gasteiger partial charge is 0.307 e. The molecule has 0 bridgehead atoms. The van der Waals surface area contributed by atoms with Gasteiger partial charge >= 0.3 is 4.87 Å². The zero-order valence-electron chi connectivity index (χ0n) is 18.4. The lowest BCUT2D eigenvalue weighted by molar-refractivity contribution is 0.293. The van der Waals surface area contributed by atoms with Crippen LogP contribution >= 0.6 is 11.3 Å². The number of hydrogen-bond donors (Lipinski definition) is 1. The molecule has 1 saturated carbocycles. The third kappa shape index (κ3) is 4.94. The average Bonchev–Trinajstić information content (AvgIpc) is 3.31. The van der Waals surface area contributed by atoms with Crippen molar-refractivity contribution in [2.45, 2.75) is 76.3 Å². The van der Waals surface area contributed by atoms with Gasteiger partial charge in [-0.15, -0.1) is 0 Å². The molecule has 4 nitrogen and oxygen atoms in total. The van der Waals surface area contributed by atoms with E-state index in [2.05, 4.69) is 42.6 Å². The lowest BCUT2D eigenvalue weighted by Crippen LogP contribution is -2.36. The maximum Gasteiger partial charge on any atom is 0.307 e. The topological polar surface area (TPSA) is 46.4 Å². The molecule has 2 aliphatic rings. The Bertz CT molecular complexity index is 952. The molecule has 1 aromatic carbocycles. The molecule has 162 valence electrons. The highest BCUT2D eigenvalue weighted by molar-refractivity contribution is 7.16. The summed E-state index contributed by atoms with van der Waals surface area (Å²) in [6.45, 7) is 3.38.